The quantitative estimate of drug-likeness (QED) is 0.627. The molecule has 3 rings (SSSR count). The van der Waals surface area contributed by atoms with Crippen LogP contribution in [0.1, 0.15) is 11.1 Å². The lowest BCUT2D eigenvalue weighted by Gasteiger charge is -2.05. The minimum atomic E-state index is -0.525. The molecule has 0 N–H and O–H groups in total. The fourth-order valence-electron chi connectivity index (χ4n) is 2.28. The van der Waals surface area contributed by atoms with Crippen molar-refractivity contribution in [2.75, 3.05) is 14.2 Å². The van der Waals surface area contributed by atoms with Crippen LogP contribution in [0.25, 0.3) is 6.08 Å². The van der Waals surface area contributed by atoms with E-state index in [1.54, 1.807) is 43.5 Å². The van der Waals surface area contributed by atoms with E-state index in [-0.39, 0.29) is 11.6 Å². The van der Waals surface area contributed by atoms with Crippen LogP contribution < -0.4 is 9.47 Å². The van der Waals surface area contributed by atoms with Gasteiger partial charge in [0.05, 0.1) is 24.8 Å². The Morgan fingerprint density at radius 3 is 2.54 bits per heavy atom. The normalized spacial score (nSPS) is 15.2. The molecule has 6 heteroatoms. The molecule has 1 aliphatic rings. The van der Waals surface area contributed by atoms with Gasteiger partial charge in [-0.05, 0) is 35.9 Å². The van der Waals surface area contributed by atoms with E-state index in [0.717, 1.165) is 5.56 Å². The third-order valence-corrected chi connectivity index (χ3v) is 3.73. The van der Waals surface area contributed by atoms with E-state index in [9.17, 15) is 4.79 Å². The number of esters is 1. The maximum atomic E-state index is 12.1. The molecular formula is C18H14ClNO4. The van der Waals surface area contributed by atoms with Gasteiger partial charge in [0.15, 0.2) is 5.70 Å². The van der Waals surface area contributed by atoms with Gasteiger partial charge in [-0.3, -0.25) is 0 Å². The van der Waals surface area contributed by atoms with E-state index in [2.05, 4.69) is 4.99 Å². The summed E-state index contributed by atoms with van der Waals surface area (Å²) in [5.74, 6) is 0.829. The molecule has 2 aromatic rings. The Morgan fingerprint density at radius 2 is 1.83 bits per heavy atom. The topological polar surface area (TPSA) is 57.1 Å². The first-order valence-electron chi connectivity index (χ1n) is 7.12. The number of methoxy groups -OCH3 is 2. The standard InChI is InChI=1S/C18H14ClNO4/c1-22-15-6-4-3-5-12(15)17-20-14(18(21)24-17)10-11-7-8-16(23-2)13(19)9-11/h3-10H,1-2H3/b14-10+. The van der Waals surface area contributed by atoms with Crippen molar-refractivity contribution in [2.24, 2.45) is 4.99 Å². The summed E-state index contributed by atoms with van der Waals surface area (Å²) in [5, 5.41) is 0.451. The molecule has 0 bridgehead atoms. The molecule has 0 fully saturated rings. The summed E-state index contributed by atoms with van der Waals surface area (Å²) in [4.78, 5) is 16.3. The van der Waals surface area contributed by atoms with Gasteiger partial charge < -0.3 is 14.2 Å². The molecule has 0 saturated heterocycles. The second-order valence-corrected chi connectivity index (χ2v) is 5.34. The number of para-hydroxylation sites is 1. The van der Waals surface area contributed by atoms with Crippen LogP contribution in [0.15, 0.2) is 53.2 Å². The third-order valence-electron chi connectivity index (χ3n) is 3.44. The molecule has 0 aromatic heterocycles. The molecule has 0 spiro atoms. The maximum absolute atomic E-state index is 12.1. The molecule has 0 saturated carbocycles. The fourth-order valence-corrected chi connectivity index (χ4v) is 2.54. The van der Waals surface area contributed by atoms with E-state index < -0.39 is 5.97 Å². The summed E-state index contributed by atoms with van der Waals surface area (Å²) in [6, 6.07) is 12.4. The number of ether oxygens (including phenoxy) is 3. The fraction of sp³-hybridized carbons (Fsp3) is 0.111. The number of hydrogen-bond acceptors (Lipinski definition) is 5. The largest absolute Gasteiger partial charge is 0.496 e. The van der Waals surface area contributed by atoms with Gasteiger partial charge in [0, 0.05) is 0 Å². The number of aliphatic imine (C=N–C) groups is 1. The lowest BCUT2D eigenvalue weighted by molar-refractivity contribution is -0.129. The van der Waals surface area contributed by atoms with Gasteiger partial charge in [-0.15, -0.1) is 0 Å². The van der Waals surface area contributed by atoms with Crippen molar-refractivity contribution in [3.63, 3.8) is 0 Å². The molecule has 0 amide bonds. The summed E-state index contributed by atoms with van der Waals surface area (Å²) in [6.45, 7) is 0. The molecule has 0 unspecified atom stereocenters. The summed E-state index contributed by atoms with van der Waals surface area (Å²) < 4.78 is 15.6. The van der Waals surface area contributed by atoms with Crippen LogP contribution in [0.5, 0.6) is 11.5 Å². The highest BCUT2D eigenvalue weighted by Crippen LogP contribution is 2.28. The lowest BCUT2D eigenvalue weighted by atomic mass is 10.2. The number of rotatable bonds is 4. The number of carbonyl (C=O) groups excluding carboxylic acids is 1. The van der Waals surface area contributed by atoms with Crippen LogP contribution in [0.3, 0.4) is 0 Å². The molecule has 1 aliphatic heterocycles. The molecule has 5 nitrogen and oxygen atoms in total. The van der Waals surface area contributed by atoms with Gasteiger partial charge in [0.25, 0.3) is 0 Å². The van der Waals surface area contributed by atoms with Crippen LogP contribution >= 0.6 is 11.6 Å². The molecule has 0 radical (unpaired) electrons. The highest BCUT2D eigenvalue weighted by atomic mass is 35.5. The second kappa shape index (κ2) is 6.76. The number of hydrogen-bond donors (Lipinski definition) is 0. The Kier molecular flexibility index (Phi) is 4.53. The van der Waals surface area contributed by atoms with E-state index in [1.807, 2.05) is 12.1 Å². The van der Waals surface area contributed by atoms with Crippen molar-refractivity contribution in [3.8, 4) is 11.5 Å². The van der Waals surface area contributed by atoms with Crippen molar-refractivity contribution in [2.45, 2.75) is 0 Å². The SMILES string of the molecule is COc1ccc(/C=C2/N=C(c3ccccc3OC)OC2=O)cc1Cl. The minimum absolute atomic E-state index is 0.192. The van der Waals surface area contributed by atoms with Crippen molar-refractivity contribution >= 4 is 29.5 Å². The zero-order valence-corrected chi connectivity index (χ0v) is 13.8. The molecular weight excluding hydrogens is 330 g/mol. The Labute approximate surface area is 144 Å². The highest BCUT2D eigenvalue weighted by molar-refractivity contribution is 6.32. The van der Waals surface area contributed by atoms with Crippen molar-refractivity contribution in [3.05, 3.63) is 64.3 Å². The first kappa shape index (κ1) is 16.1. The van der Waals surface area contributed by atoms with Gasteiger partial charge >= 0.3 is 5.97 Å². The highest BCUT2D eigenvalue weighted by Gasteiger charge is 2.26. The van der Waals surface area contributed by atoms with Gasteiger partial charge in [-0.25, -0.2) is 9.79 Å². The molecule has 24 heavy (non-hydrogen) atoms. The molecule has 122 valence electrons. The number of benzene rings is 2. The predicted molar refractivity (Wildman–Crippen MR) is 91.6 cm³/mol. The first-order valence-corrected chi connectivity index (χ1v) is 7.49. The van der Waals surface area contributed by atoms with Gasteiger partial charge in [0.1, 0.15) is 11.5 Å². The molecule has 2 aromatic carbocycles. The van der Waals surface area contributed by atoms with Gasteiger partial charge in [-0.2, -0.15) is 0 Å². The Bertz CT molecular complexity index is 858. The number of carbonyl (C=O) groups is 1. The van der Waals surface area contributed by atoms with Crippen molar-refractivity contribution in [1.82, 2.24) is 0 Å². The number of nitrogens with zero attached hydrogens (tertiary/aromatic N) is 1. The Balaban J connectivity index is 1.96. The molecule has 0 atom stereocenters. The average Bonchev–Trinajstić information content (AvgIpc) is 2.95. The monoisotopic (exact) mass is 343 g/mol. The van der Waals surface area contributed by atoms with E-state index in [1.165, 1.54) is 7.11 Å². The summed E-state index contributed by atoms with van der Waals surface area (Å²) >= 11 is 6.09. The molecule has 1 heterocycles. The number of halogens is 1. The van der Waals surface area contributed by atoms with E-state index in [0.29, 0.717) is 22.1 Å². The van der Waals surface area contributed by atoms with Crippen LogP contribution in [-0.4, -0.2) is 26.1 Å². The predicted octanol–water partition coefficient (Wildman–Crippen LogP) is 3.70. The first-order chi connectivity index (χ1) is 11.6. The van der Waals surface area contributed by atoms with E-state index in [4.69, 9.17) is 25.8 Å². The van der Waals surface area contributed by atoms with Crippen LogP contribution in [-0.2, 0) is 9.53 Å². The second-order valence-electron chi connectivity index (χ2n) is 4.93. The summed E-state index contributed by atoms with van der Waals surface area (Å²) in [7, 11) is 3.09. The molecule has 0 aliphatic carbocycles. The van der Waals surface area contributed by atoms with Crippen LogP contribution in [0.4, 0.5) is 0 Å². The van der Waals surface area contributed by atoms with Crippen molar-refractivity contribution < 1.29 is 19.0 Å². The van der Waals surface area contributed by atoms with Crippen LogP contribution in [0, 0.1) is 0 Å². The number of cyclic esters (lactones) is 1. The third kappa shape index (κ3) is 3.12. The lowest BCUT2D eigenvalue weighted by Crippen LogP contribution is -2.06. The zero-order chi connectivity index (χ0) is 17.1. The Morgan fingerprint density at radius 1 is 1.08 bits per heavy atom. The Hall–Kier alpha value is -2.79. The van der Waals surface area contributed by atoms with Crippen LogP contribution in [0.2, 0.25) is 5.02 Å². The van der Waals surface area contributed by atoms with Gasteiger partial charge in [0.2, 0.25) is 5.90 Å². The summed E-state index contributed by atoms with van der Waals surface area (Å²) in [5.41, 5.74) is 1.53. The minimum Gasteiger partial charge on any atom is -0.496 e. The maximum Gasteiger partial charge on any atom is 0.363 e. The van der Waals surface area contributed by atoms with Crippen molar-refractivity contribution in [1.29, 1.82) is 0 Å². The smallest absolute Gasteiger partial charge is 0.363 e. The average molecular weight is 344 g/mol. The zero-order valence-electron chi connectivity index (χ0n) is 13.1. The van der Waals surface area contributed by atoms with Gasteiger partial charge in [-0.1, -0.05) is 29.8 Å². The van der Waals surface area contributed by atoms with E-state index >= 15 is 0 Å². The summed E-state index contributed by atoms with van der Waals surface area (Å²) in [6.07, 6.45) is 1.61.